The van der Waals surface area contributed by atoms with Crippen molar-refractivity contribution in [2.75, 3.05) is 0 Å². The molecule has 1 aromatic heterocycles. The summed E-state index contributed by atoms with van der Waals surface area (Å²) in [6, 6.07) is 72.1. The second kappa shape index (κ2) is 12.3. The Morgan fingerprint density at radius 1 is 0.300 bits per heavy atom. The number of hydrogen-bond donors (Lipinski definition) is 0. The van der Waals surface area contributed by atoms with Crippen LogP contribution in [0.4, 0.5) is 0 Å². The predicted octanol–water partition coefficient (Wildman–Crippen LogP) is 16.7. The summed E-state index contributed by atoms with van der Waals surface area (Å²) < 4.78 is 6.54. The summed E-state index contributed by atoms with van der Waals surface area (Å²) in [5, 5.41) is 14.9. The zero-order valence-corrected chi connectivity index (χ0v) is 33.4. The molecule has 11 aromatic carbocycles. The fourth-order valence-corrected chi connectivity index (χ4v) is 10.6. The molecule has 0 saturated carbocycles. The van der Waals surface area contributed by atoms with E-state index in [1.807, 2.05) is 0 Å². The van der Waals surface area contributed by atoms with Gasteiger partial charge in [-0.2, -0.15) is 0 Å². The van der Waals surface area contributed by atoms with Gasteiger partial charge in [0.05, 0.1) is 0 Å². The Kier molecular flexibility index (Phi) is 6.85. The Balaban J connectivity index is 0.980. The minimum Gasteiger partial charge on any atom is -0.456 e. The van der Waals surface area contributed by atoms with Gasteiger partial charge < -0.3 is 4.42 Å². The molecule has 12 aromatic rings. The van der Waals surface area contributed by atoms with Gasteiger partial charge in [0, 0.05) is 16.2 Å². The van der Waals surface area contributed by atoms with Crippen molar-refractivity contribution in [2.24, 2.45) is 0 Å². The van der Waals surface area contributed by atoms with Crippen molar-refractivity contribution in [1.29, 1.82) is 0 Å². The summed E-state index contributed by atoms with van der Waals surface area (Å²) in [5.41, 5.74) is 14.5. The molecule has 13 rings (SSSR count). The lowest BCUT2D eigenvalue weighted by atomic mass is 9.81. The largest absolute Gasteiger partial charge is 0.456 e. The molecular weight excluding hydrogens is 725 g/mol. The van der Waals surface area contributed by atoms with E-state index in [4.69, 9.17) is 4.42 Å². The third-order valence-corrected chi connectivity index (χ3v) is 13.6. The van der Waals surface area contributed by atoms with Gasteiger partial charge >= 0.3 is 0 Å². The second-order valence-corrected chi connectivity index (χ2v) is 17.2. The number of fused-ring (bicyclic) bond motifs is 12. The van der Waals surface area contributed by atoms with Crippen molar-refractivity contribution in [3.05, 3.63) is 205 Å². The molecule has 0 bridgehead atoms. The Bertz CT molecular complexity index is 3750. The molecule has 0 radical (unpaired) electrons. The summed E-state index contributed by atoms with van der Waals surface area (Å²) in [4.78, 5) is 0. The summed E-state index contributed by atoms with van der Waals surface area (Å²) in [6.45, 7) is 4.72. The van der Waals surface area contributed by atoms with E-state index in [2.05, 4.69) is 208 Å². The molecule has 0 aliphatic heterocycles. The molecule has 0 spiro atoms. The van der Waals surface area contributed by atoms with Gasteiger partial charge in [0.1, 0.15) is 11.2 Å². The van der Waals surface area contributed by atoms with Crippen LogP contribution in [0.2, 0.25) is 0 Å². The number of hydrogen-bond acceptors (Lipinski definition) is 1. The maximum absolute atomic E-state index is 6.54. The smallest absolute Gasteiger partial charge is 0.135 e. The highest BCUT2D eigenvalue weighted by Gasteiger charge is 2.36. The predicted molar refractivity (Wildman–Crippen MR) is 255 cm³/mol. The first kappa shape index (κ1) is 33.5. The van der Waals surface area contributed by atoms with Crippen molar-refractivity contribution in [2.45, 2.75) is 19.3 Å². The van der Waals surface area contributed by atoms with Crippen LogP contribution in [0, 0.1) is 0 Å². The fraction of sp³-hybridized carbons (Fsp3) is 0.0508. The van der Waals surface area contributed by atoms with Crippen molar-refractivity contribution in [3.63, 3.8) is 0 Å². The molecule has 1 heteroatoms. The highest BCUT2D eigenvalue weighted by molar-refractivity contribution is 6.23. The van der Waals surface area contributed by atoms with E-state index in [-0.39, 0.29) is 5.41 Å². The van der Waals surface area contributed by atoms with Crippen LogP contribution in [0.5, 0.6) is 0 Å². The van der Waals surface area contributed by atoms with Crippen LogP contribution in [-0.2, 0) is 5.41 Å². The summed E-state index contributed by atoms with van der Waals surface area (Å²) >= 11 is 0. The summed E-state index contributed by atoms with van der Waals surface area (Å²) in [7, 11) is 0. The number of benzene rings is 11. The van der Waals surface area contributed by atoms with Crippen molar-refractivity contribution in [3.8, 4) is 44.5 Å². The maximum Gasteiger partial charge on any atom is 0.135 e. The molecule has 0 fully saturated rings. The van der Waals surface area contributed by atoms with Gasteiger partial charge in [-0.05, 0) is 158 Å². The second-order valence-electron chi connectivity index (χ2n) is 17.2. The maximum atomic E-state index is 6.54. The van der Waals surface area contributed by atoms with Gasteiger partial charge in [0.15, 0.2) is 0 Å². The zero-order valence-electron chi connectivity index (χ0n) is 33.4. The standard InChI is InChI=1S/C59H38O/c1-59(2)53-26-23-39(30-49(53)50-29-37-12-3-4-13-38(37)34-54(50)59)40-24-27-55-51(31-40)52-33-42(25-28-56(52)60-55)58-46-17-9-7-15-44(46)57(45-16-8-10-18-47(45)58)41-22-21-36-20-19-35-11-5-6-14-43(35)48(36)32-41/h3-34H,1-2H3. The zero-order chi connectivity index (χ0) is 39.7. The third-order valence-electron chi connectivity index (χ3n) is 13.6. The lowest BCUT2D eigenvalue weighted by Gasteiger charge is -2.22. The Labute approximate surface area is 347 Å². The minimum atomic E-state index is -0.0642. The number of rotatable bonds is 3. The lowest BCUT2D eigenvalue weighted by Crippen LogP contribution is -2.14. The van der Waals surface area contributed by atoms with Crippen LogP contribution >= 0.6 is 0 Å². The Hall–Kier alpha value is -7.48. The molecule has 0 unspecified atom stereocenters. The molecule has 1 nitrogen and oxygen atoms in total. The topological polar surface area (TPSA) is 13.1 Å². The van der Waals surface area contributed by atoms with E-state index in [9.17, 15) is 0 Å². The summed E-state index contributed by atoms with van der Waals surface area (Å²) in [5.74, 6) is 0. The Morgan fingerprint density at radius 3 is 1.38 bits per heavy atom. The van der Waals surface area contributed by atoms with E-state index >= 15 is 0 Å². The quantitative estimate of drug-likeness (QED) is 0.129. The van der Waals surface area contributed by atoms with Crippen LogP contribution in [0.3, 0.4) is 0 Å². The summed E-state index contributed by atoms with van der Waals surface area (Å²) in [6.07, 6.45) is 0. The van der Waals surface area contributed by atoms with Crippen molar-refractivity contribution < 1.29 is 4.42 Å². The Morgan fingerprint density at radius 2 is 0.733 bits per heavy atom. The van der Waals surface area contributed by atoms with Gasteiger partial charge in [0.2, 0.25) is 0 Å². The van der Waals surface area contributed by atoms with Gasteiger partial charge in [-0.25, -0.2) is 0 Å². The first-order chi connectivity index (χ1) is 29.5. The minimum absolute atomic E-state index is 0.0642. The van der Waals surface area contributed by atoms with Gasteiger partial charge in [0.25, 0.3) is 0 Å². The molecule has 0 amide bonds. The van der Waals surface area contributed by atoms with E-state index in [0.29, 0.717) is 0 Å². The SMILES string of the molecule is CC1(C)c2ccc(-c3ccc4oc5ccc(-c6c7ccccc7c(-c7ccc8ccc9ccccc9c8c7)c7ccccc67)cc5c4c3)cc2-c2cc3ccccc3cc21. The molecule has 1 aliphatic rings. The van der Waals surface area contributed by atoms with E-state index in [0.717, 1.165) is 21.9 Å². The highest BCUT2D eigenvalue weighted by Crippen LogP contribution is 2.51. The van der Waals surface area contributed by atoms with Crippen LogP contribution in [0.15, 0.2) is 199 Å². The van der Waals surface area contributed by atoms with Crippen LogP contribution in [0.25, 0.3) is 120 Å². The van der Waals surface area contributed by atoms with Crippen LogP contribution in [-0.4, -0.2) is 0 Å². The lowest BCUT2D eigenvalue weighted by molar-refractivity contribution is 0.661. The van der Waals surface area contributed by atoms with Crippen molar-refractivity contribution >= 4 is 75.8 Å². The van der Waals surface area contributed by atoms with Gasteiger partial charge in [-0.3, -0.25) is 0 Å². The molecular formula is C59H38O. The van der Waals surface area contributed by atoms with Crippen LogP contribution < -0.4 is 0 Å². The average Bonchev–Trinajstić information content (AvgIpc) is 3.77. The first-order valence-corrected chi connectivity index (χ1v) is 21.0. The average molecular weight is 763 g/mol. The monoisotopic (exact) mass is 762 g/mol. The molecule has 1 aliphatic carbocycles. The molecule has 280 valence electrons. The molecule has 1 heterocycles. The normalized spacial score (nSPS) is 13.3. The van der Waals surface area contributed by atoms with E-state index in [1.54, 1.807) is 0 Å². The van der Waals surface area contributed by atoms with Gasteiger partial charge in [-0.15, -0.1) is 0 Å². The van der Waals surface area contributed by atoms with Crippen molar-refractivity contribution in [1.82, 2.24) is 0 Å². The third kappa shape index (κ3) is 4.75. The van der Waals surface area contributed by atoms with E-state index in [1.165, 1.54) is 109 Å². The highest BCUT2D eigenvalue weighted by atomic mass is 16.3. The first-order valence-electron chi connectivity index (χ1n) is 21.0. The number of furan rings is 1. The fourth-order valence-electron chi connectivity index (χ4n) is 10.6. The molecule has 60 heavy (non-hydrogen) atoms. The van der Waals surface area contributed by atoms with Crippen LogP contribution in [0.1, 0.15) is 25.0 Å². The van der Waals surface area contributed by atoms with E-state index < -0.39 is 0 Å². The molecule has 0 N–H and O–H groups in total. The molecule has 0 saturated heterocycles. The van der Waals surface area contributed by atoms with Gasteiger partial charge in [-0.1, -0.05) is 159 Å². The molecule has 0 atom stereocenters.